The van der Waals surface area contributed by atoms with Crippen LogP contribution in [0.25, 0.3) is 11.0 Å². The summed E-state index contributed by atoms with van der Waals surface area (Å²) in [5.41, 5.74) is 2.90. The average molecular weight is 253 g/mol. The van der Waals surface area contributed by atoms with Crippen molar-refractivity contribution in [2.75, 3.05) is 11.9 Å². The zero-order chi connectivity index (χ0) is 13.1. The number of para-hydroxylation sites is 2. The predicted octanol–water partition coefficient (Wildman–Crippen LogP) is 2.02. The highest BCUT2D eigenvalue weighted by atomic mass is 15.2. The molecule has 3 aromatic rings. The number of nitrogens with zero attached hydrogens (tertiary/aromatic N) is 4. The molecule has 3 rings (SSSR count). The zero-order valence-corrected chi connectivity index (χ0v) is 10.7. The van der Waals surface area contributed by atoms with E-state index >= 15 is 0 Å². The largest absolute Gasteiger partial charge is 0.368 e. The number of anilines is 1. The van der Waals surface area contributed by atoms with Gasteiger partial charge in [0.05, 0.1) is 22.9 Å². The van der Waals surface area contributed by atoms with Crippen LogP contribution >= 0.6 is 0 Å². The molecule has 2 heterocycles. The Morgan fingerprint density at radius 2 is 2.00 bits per heavy atom. The van der Waals surface area contributed by atoms with Gasteiger partial charge < -0.3 is 5.32 Å². The molecule has 0 aliphatic rings. The summed E-state index contributed by atoms with van der Waals surface area (Å²) < 4.78 is 1.81. The molecular formula is C14H15N5. The fourth-order valence-corrected chi connectivity index (χ4v) is 1.96. The molecule has 0 radical (unpaired) electrons. The molecule has 0 unspecified atom stereocenters. The van der Waals surface area contributed by atoms with Crippen molar-refractivity contribution in [3.8, 4) is 0 Å². The molecule has 0 saturated carbocycles. The van der Waals surface area contributed by atoms with Crippen LogP contribution in [-0.4, -0.2) is 26.3 Å². The minimum absolute atomic E-state index is 0.796. The topological polar surface area (TPSA) is 55.6 Å². The van der Waals surface area contributed by atoms with Crippen LogP contribution in [0.4, 0.5) is 5.82 Å². The van der Waals surface area contributed by atoms with Gasteiger partial charge in [0.1, 0.15) is 5.82 Å². The summed E-state index contributed by atoms with van der Waals surface area (Å²) in [7, 11) is 1.92. The van der Waals surface area contributed by atoms with Crippen LogP contribution in [0.1, 0.15) is 5.69 Å². The van der Waals surface area contributed by atoms with Gasteiger partial charge in [-0.05, 0) is 18.2 Å². The standard InChI is InChI=1S/C14H15N5/c1-19-9-7-11(18-19)6-8-15-14-10-16-12-4-2-3-5-13(12)17-14/h2-5,7,9-10H,6,8H2,1H3,(H,15,17). The Morgan fingerprint density at radius 3 is 2.79 bits per heavy atom. The smallest absolute Gasteiger partial charge is 0.145 e. The normalized spacial score (nSPS) is 10.8. The van der Waals surface area contributed by atoms with Crippen LogP contribution in [0.3, 0.4) is 0 Å². The fraction of sp³-hybridized carbons (Fsp3) is 0.214. The SMILES string of the molecule is Cn1ccc(CCNc2cnc3ccccc3n2)n1. The lowest BCUT2D eigenvalue weighted by molar-refractivity contribution is 0.742. The summed E-state index contributed by atoms with van der Waals surface area (Å²) in [5, 5.41) is 7.60. The van der Waals surface area contributed by atoms with E-state index in [4.69, 9.17) is 0 Å². The van der Waals surface area contributed by atoms with Crippen molar-refractivity contribution >= 4 is 16.9 Å². The summed E-state index contributed by atoms with van der Waals surface area (Å²) in [4.78, 5) is 8.88. The second-order valence-electron chi connectivity index (χ2n) is 4.40. The van der Waals surface area contributed by atoms with Crippen LogP contribution in [0.15, 0.2) is 42.7 Å². The number of benzene rings is 1. The molecule has 0 aliphatic carbocycles. The van der Waals surface area contributed by atoms with Gasteiger partial charge >= 0.3 is 0 Å². The zero-order valence-electron chi connectivity index (χ0n) is 10.7. The van der Waals surface area contributed by atoms with Crippen molar-refractivity contribution in [1.29, 1.82) is 0 Å². The van der Waals surface area contributed by atoms with Gasteiger partial charge in [-0.15, -0.1) is 0 Å². The maximum absolute atomic E-state index is 4.51. The van der Waals surface area contributed by atoms with Crippen molar-refractivity contribution in [3.63, 3.8) is 0 Å². The Bertz CT molecular complexity index is 689. The van der Waals surface area contributed by atoms with Crippen molar-refractivity contribution in [2.45, 2.75) is 6.42 Å². The first-order valence-electron chi connectivity index (χ1n) is 6.25. The maximum atomic E-state index is 4.51. The van der Waals surface area contributed by atoms with Gasteiger partial charge in [0.2, 0.25) is 0 Å². The minimum Gasteiger partial charge on any atom is -0.368 e. The van der Waals surface area contributed by atoms with Crippen molar-refractivity contribution in [2.24, 2.45) is 7.05 Å². The second kappa shape index (κ2) is 5.06. The summed E-state index contributed by atoms with van der Waals surface area (Å²) in [6.07, 6.45) is 4.58. The number of rotatable bonds is 4. The van der Waals surface area contributed by atoms with Gasteiger partial charge in [0.15, 0.2) is 0 Å². The molecule has 0 saturated heterocycles. The maximum Gasteiger partial charge on any atom is 0.145 e. The highest BCUT2D eigenvalue weighted by Crippen LogP contribution is 2.11. The highest BCUT2D eigenvalue weighted by Gasteiger charge is 2.00. The van der Waals surface area contributed by atoms with Crippen LogP contribution in [0.2, 0.25) is 0 Å². The van der Waals surface area contributed by atoms with E-state index in [-0.39, 0.29) is 0 Å². The lowest BCUT2D eigenvalue weighted by Crippen LogP contribution is -2.07. The Labute approximate surface area is 111 Å². The molecule has 19 heavy (non-hydrogen) atoms. The van der Waals surface area contributed by atoms with E-state index in [0.717, 1.165) is 35.5 Å². The van der Waals surface area contributed by atoms with Crippen LogP contribution in [0.5, 0.6) is 0 Å². The molecular weight excluding hydrogens is 238 g/mol. The van der Waals surface area contributed by atoms with Crippen LogP contribution < -0.4 is 5.32 Å². The quantitative estimate of drug-likeness (QED) is 0.773. The second-order valence-corrected chi connectivity index (χ2v) is 4.40. The lowest BCUT2D eigenvalue weighted by atomic mass is 10.3. The molecule has 0 fully saturated rings. The van der Waals surface area contributed by atoms with E-state index in [1.165, 1.54) is 0 Å². The number of aryl methyl sites for hydroxylation is 1. The first kappa shape index (κ1) is 11.6. The van der Waals surface area contributed by atoms with Crippen LogP contribution in [-0.2, 0) is 13.5 Å². The average Bonchev–Trinajstić information content (AvgIpc) is 2.84. The third-order valence-electron chi connectivity index (χ3n) is 2.90. The number of hydrogen-bond donors (Lipinski definition) is 1. The number of aromatic nitrogens is 4. The number of nitrogens with one attached hydrogen (secondary N) is 1. The van der Waals surface area contributed by atoms with Gasteiger partial charge in [-0.1, -0.05) is 12.1 Å². The summed E-state index contributed by atoms with van der Waals surface area (Å²) in [6.45, 7) is 0.796. The Hall–Kier alpha value is -2.43. The summed E-state index contributed by atoms with van der Waals surface area (Å²) in [5.74, 6) is 0.801. The van der Waals surface area contributed by atoms with Gasteiger partial charge in [-0.25, -0.2) is 4.98 Å². The van der Waals surface area contributed by atoms with Crippen molar-refractivity contribution in [3.05, 3.63) is 48.4 Å². The van der Waals surface area contributed by atoms with Crippen molar-refractivity contribution < 1.29 is 0 Å². The van der Waals surface area contributed by atoms with Crippen molar-refractivity contribution in [1.82, 2.24) is 19.7 Å². The first-order chi connectivity index (χ1) is 9.31. The van der Waals surface area contributed by atoms with E-state index in [1.54, 1.807) is 6.20 Å². The van der Waals surface area contributed by atoms with E-state index in [1.807, 2.05) is 48.3 Å². The van der Waals surface area contributed by atoms with Gasteiger partial charge in [0.25, 0.3) is 0 Å². The number of fused-ring (bicyclic) bond motifs is 1. The fourth-order valence-electron chi connectivity index (χ4n) is 1.96. The van der Waals surface area contributed by atoms with E-state index in [0.29, 0.717) is 0 Å². The Kier molecular flexibility index (Phi) is 3.10. The Morgan fingerprint density at radius 1 is 1.16 bits per heavy atom. The summed E-state index contributed by atoms with van der Waals surface area (Å²) >= 11 is 0. The third-order valence-corrected chi connectivity index (χ3v) is 2.90. The molecule has 0 bridgehead atoms. The van der Waals surface area contributed by atoms with Gasteiger partial charge in [0, 0.05) is 26.2 Å². The molecule has 5 heteroatoms. The molecule has 0 aliphatic heterocycles. The monoisotopic (exact) mass is 253 g/mol. The minimum atomic E-state index is 0.796. The summed E-state index contributed by atoms with van der Waals surface area (Å²) in [6, 6.07) is 9.87. The highest BCUT2D eigenvalue weighted by molar-refractivity contribution is 5.75. The molecule has 0 atom stereocenters. The van der Waals surface area contributed by atoms with E-state index in [2.05, 4.69) is 20.4 Å². The molecule has 0 spiro atoms. The third kappa shape index (κ3) is 2.70. The molecule has 0 amide bonds. The molecule has 5 nitrogen and oxygen atoms in total. The lowest BCUT2D eigenvalue weighted by Gasteiger charge is -2.04. The van der Waals surface area contributed by atoms with E-state index < -0.39 is 0 Å². The first-order valence-corrected chi connectivity index (χ1v) is 6.25. The molecule has 2 aromatic heterocycles. The van der Waals surface area contributed by atoms with E-state index in [9.17, 15) is 0 Å². The Balaban J connectivity index is 1.65. The van der Waals surface area contributed by atoms with Crippen LogP contribution in [0, 0.1) is 0 Å². The molecule has 1 aromatic carbocycles. The molecule has 1 N–H and O–H groups in total. The number of hydrogen-bond acceptors (Lipinski definition) is 4. The van der Waals surface area contributed by atoms with Gasteiger partial charge in [-0.2, -0.15) is 5.10 Å². The van der Waals surface area contributed by atoms with Gasteiger partial charge in [-0.3, -0.25) is 9.67 Å². The predicted molar refractivity (Wildman–Crippen MR) is 74.9 cm³/mol. The molecule has 96 valence electrons.